The van der Waals surface area contributed by atoms with Crippen LogP contribution in [0.4, 0.5) is 0 Å². The van der Waals surface area contributed by atoms with E-state index in [2.05, 4.69) is 33.0 Å². The average Bonchev–Trinajstić information content (AvgIpc) is 1.99. The Morgan fingerprint density at radius 1 is 1.27 bits per heavy atom. The summed E-state index contributed by atoms with van der Waals surface area (Å²) in [5.41, 5.74) is 0.0232. The summed E-state index contributed by atoms with van der Waals surface area (Å²) in [5, 5.41) is 3.28. The second-order valence-electron chi connectivity index (χ2n) is 4.51. The van der Waals surface area contributed by atoms with Gasteiger partial charge in [0.2, 0.25) is 0 Å². The summed E-state index contributed by atoms with van der Waals surface area (Å²) in [6.07, 6.45) is 1.09. The van der Waals surface area contributed by atoms with Crippen molar-refractivity contribution in [2.24, 2.45) is 0 Å². The minimum Gasteiger partial charge on any atom is -0.368 e. The van der Waals surface area contributed by atoms with Gasteiger partial charge >= 0.3 is 0 Å². The van der Waals surface area contributed by atoms with Crippen LogP contribution in [-0.4, -0.2) is 24.3 Å². The van der Waals surface area contributed by atoms with Gasteiger partial charge in [-0.3, -0.25) is 0 Å². The SMILES string of the molecule is CNC1CC(C)(C)OC1(C)C. The first-order valence-corrected chi connectivity index (χ1v) is 4.25. The summed E-state index contributed by atoms with van der Waals surface area (Å²) in [6, 6.07) is 0.484. The molecule has 1 unspecified atom stereocenters. The molecule has 2 nitrogen and oxygen atoms in total. The fourth-order valence-electron chi connectivity index (χ4n) is 2.01. The molecule has 1 rings (SSSR count). The molecule has 1 atom stereocenters. The quantitative estimate of drug-likeness (QED) is 0.623. The molecule has 1 aliphatic heterocycles. The second kappa shape index (κ2) is 2.46. The molecule has 0 aromatic carbocycles. The van der Waals surface area contributed by atoms with Crippen LogP contribution in [0.2, 0.25) is 0 Å². The lowest BCUT2D eigenvalue weighted by Gasteiger charge is -2.26. The Morgan fingerprint density at radius 3 is 2.00 bits per heavy atom. The van der Waals surface area contributed by atoms with Gasteiger partial charge in [0, 0.05) is 6.04 Å². The highest BCUT2D eigenvalue weighted by Gasteiger charge is 2.44. The minimum atomic E-state index is -0.0156. The molecule has 0 aromatic rings. The van der Waals surface area contributed by atoms with Crippen molar-refractivity contribution in [1.29, 1.82) is 0 Å². The summed E-state index contributed by atoms with van der Waals surface area (Å²) in [6.45, 7) is 8.57. The van der Waals surface area contributed by atoms with E-state index in [1.54, 1.807) is 0 Å². The van der Waals surface area contributed by atoms with Gasteiger partial charge in [-0.25, -0.2) is 0 Å². The molecule has 0 radical (unpaired) electrons. The van der Waals surface area contributed by atoms with Gasteiger partial charge in [0.05, 0.1) is 11.2 Å². The van der Waals surface area contributed by atoms with Crippen molar-refractivity contribution in [1.82, 2.24) is 5.32 Å². The molecule has 1 aliphatic rings. The van der Waals surface area contributed by atoms with Gasteiger partial charge in [-0.2, -0.15) is 0 Å². The summed E-state index contributed by atoms with van der Waals surface area (Å²) >= 11 is 0. The standard InChI is InChI=1S/C9H19NO/c1-8(2)6-7(10-5)9(3,4)11-8/h7,10H,6H2,1-5H3. The van der Waals surface area contributed by atoms with E-state index in [0.717, 1.165) is 6.42 Å². The van der Waals surface area contributed by atoms with Crippen LogP contribution in [-0.2, 0) is 4.74 Å². The van der Waals surface area contributed by atoms with Crippen molar-refractivity contribution in [3.8, 4) is 0 Å². The Bertz CT molecular complexity index is 152. The molecule has 66 valence electrons. The third-order valence-corrected chi connectivity index (χ3v) is 2.42. The molecule has 11 heavy (non-hydrogen) atoms. The van der Waals surface area contributed by atoms with E-state index >= 15 is 0 Å². The van der Waals surface area contributed by atoms with Crippen molar-refractivity contribution in [2.45, 2.75) is 51.4 Å². The number of hydrogen-bond acceptors (Lipinski definition) is 2. The van der Waals surface area contributed by atoms with Crippen molar-refractivity contribution in [3.63, 3.8) is 0 Å². The smallest absolute Gasteiger partial charge is 0.0787 e. The van der Waals surface area contributed by atoms with E-state index in [1.807, 2.05) is 7.05 Å². The number of ether oxygens (including phenoxy) is 1. The van der Waals surface area contributed by atoms with E-state index in [4.69, 9.17) is 4.74 Å². The molecule has 0 aromatic heterocycles. The molecular weight excluding hydrogens is 138 g/mol. The molecule has 0 amide bonds. The Balaban J connectivity index is 2.71. The van der Waals surface area contributed by atoms with E-state index < -0.39 is 0 Å². The van der Waals surface area contributed by atoms with Crippen molar-refractivity contribution >= 4 is 0 Å². The minimum absolute atomic E-state index is 0.0156. The number of hydrogen-bond donors (Lipinski definition) is 1. The fourth-order valence-corrected chi connectivity index (χ4v) is 2.01. The van der Waals surface area contributed by atoms with Crippen LogP contribution in [0.25, 0.3) is 0 Å². The maximum absolute atomic E-state index is 5.88. The summed E-state index contributed by atoms with van der Waals surface area (Å²) < 4.78 is 5.88. The normalized spacial score (nSPS) is 34.1. The average molecular weight is 157 g/mol. The summed E-state index contributed by atoms with van der Waals surface area (Å²) in [5.74, 6) is 0. The highest BCUT2D eigenvalue weighted by Crippen LogP contribution is 2.36. The van der Waals surface area contributed by atoms with Crippen LogP contribution in [0.1, 0.15) is 34.1 Å². The van der Waals surface area contributed by atoms with E-state index in [9.17, 15) is 0 Å². The van der Waals surface area contributed by atoms with Crippen LogP contribution in [0.15, 0.2) is 0 Å². The zero-order valence-electron chi connectivity index (χ0n) is 8.19. The molecule has 0 saturated carbocycles. The van der Waals surface area contributed by atoms with Crippen LogP contribution >= 0.6 is 0 Å². The summed E-state index contributed by atoms with van der Waals surface area (Å²) in [7, 11) is 2.00. The first-order chi connectivity index (χ1) is 4.87. The van der Waals surface area contributed by atoms with Crippen molar-refractivity contribution in [2.75, 3.05) is 7.05 Å². The van der Waals surface area contributed by atoms with Gasteiger partial charge in [0.25, 0.3) is 0 Å². The van der Waals surface area contributed by atoms with Gasteiger partial charge in [-0.05, 0) is 41.2 Å². The molecule has 1 saturated heterocycles. The zero-order chi connectivity index (χ0) is 8.70. The molecule has 1 heterocycles. The first-order valence-electron chi connectivity index (χ1n) is 4.25. The lowest BCUT2D eigenvalue weighted by Crippen LogP contribution is -2.41. The fraction of sp³-hybridized carbons (Fsp3) is 1.00. The van der Waals surface area contributed by atoms with Crippen LogP contribution in [0.5, 0.6) is 0 Å². The second-order valence-corrected chi connectivity index (χ2v) is 4.51. The van der Waals surface area contributed by atoms with E-state index in [0.29, 0.717) is 6.04 Å². The van der Waals surface area contributed by atoms with Crippen LogP contribution in [0.3, 0.4) is 0 Å². The number of rotatable bonds is 1. The Morgan fingerprint density at radius 2 is 1.82 bits per heavy atom. The molecule has 0 aliphatic carbocycles. The molecule has 1 N–H and O–H groups in total. The first kappa shape index (κ1) is 9.01. The maximum atomic E-state index is 5.88. The predicted octanol–water partition coefficient (Wildman–Crippen LogP) is 1.55. The van der Waals surface area contributed by atoms with Gasteiger partial charge < -0.3 is 10.1 Å². The Hall–Kier alpha value is -0.0800. The molecule has 0 spiro atoms. The lowest BCUT2D eigenvalue weighted by atomic mass is 9.95. The maximum Gasteiger partial charge on any atom is 0.0787 e. The van der Waals surface area contributed by atoms with Gasteiger partial charge in [0.1, 0.15) is 0 Å². The molecule has 0 bridgehead atoms. The monoisotopic (exact) mass is 157 g/mol. The van der Waals surface area contributed by atoms with Crippen molar-refractivity contribution < 1.29 is 4.74 Å². The molecule has 1 fully saturated rings. The Labute approximate surface area is 69.3 Å². The highest BCUT2D eigenvalue weighted by atomic mass is 16.5. The summed E-state index contributed by atoms with van der Waals surface area (Å²) in [4.78, 5) is 0. The predicted molar refractivity (Wildman–Crippen MR) is 46.7 cm³/mol. The van der Waals surface area contributed by atoms with E-state index in [1.165, 1.54) is 0 Å². The molecule has 2 heteroatoms. The number of nitrogens with one attached hydrogen (secondary N) is 1. The lowest BCUT2D eigenvalue weighted by molar-refractivity contribution is -0.0693. The van der Waals surface area contributed by atoms with Crippen LogP contribution < -0.4 is 5.32 Å². The van der Waals surface area contributed by atoms with Crippen molar-refractivity contribution in [3.05, 3.63) is 0 Å². The Kier molecular flexibility index (Phi) is 2.01. The third-order valence-electron chi connectivity index (χ3n) is 2.42. The van der Waals surface area contributed by atoms with E-state index in [-0.39, 0.29) is 11.2 Å². The largest absolute Gasteiger partial charge is 0.368 e. The number of likely N-dealkylation sites (N-methyl/N-ethyl adjacent to an activating group) is 1. The van der Waals surface area contributed by atoms with Gasteiger partial charge in [0.15, 0.2) is 0 Å². The van der Waals surface area contributed by atoms with Gasteiger partial charge in [-0.1, -0.05) is 0 Å². The molecular formula is C9H19NO. The zero-order valence-corrected chi connectivity index (χ0v) is 8.19. The van der Waals surface area contributed by atoms with Gasteiger partial charge in [-0.15, -0.1) is 0 Å². The highest BCUT2D eigenvalue weighted by molar-refractivity contribution is 4.98. The third kappa shape index (κ3) is 1.74. The van der Waals surface area contributed by atoms with Crippen LogP contribution in [0, 0.1) is 0 Å². The topological polar surface area (TPSA) is 21.3 Å².